The number of aliphatic imine (C=N–C) groups is 1. The van der Waals surface area contributed by atoms with Crippen LogP contribution in [0.5, 0.6) is 0 Å². The van der Waals surface area contributed by atoms with Crippen molar-refractivity contribution in [2.45, 2.75) is 13.8 Å². The van der Waals surface area contributed by atoms with Crippen molar-refractivity contribution in [3.8, 4) is 0 Å². The third kappa shape index (κ3) is 4.85. The number of ether oxygens (including phenoxy) is 2. The van der Waals surface area contributed by atoms with Crippen molar-refractivity contribution in [2.75, 3.05) is 37.9 Å². The molecule has 0 saturated carbocycles. The normalized spacial score (nSPS) is 10.8. The molecule has 27 heavy (non-hydrogen) atoms. The first-order valence-electron chi connectivity index (χ1n) is 8.46. The van der Waals surface area contributed by atoms with E-state index in [0.717, 1.165) is 22.6 Å². The molecule has 0 radical (unpaired) electrons. The molecule has 1 aromatic heterocycles. The first kappa shape index (κ1) is 20.4. The lowest BCUT2D eigenvalue weighted by Gasteiger charge is -2.11. The number of nitrogens with zero attached hydrogens (tertiary/aromatic N) is 2. The van der Waals surface area contributed by atoms with Crippen LogP contribution in [0.15, 0.2) is 29.3 Å². The first-order chi connectivity index (χ1) is 12.9. The quantitative estimate of drug-likeness (QED) is 0.575. The summed E-state index contributed by atoms with van der Waals surface area (Å²) < 4.78 is 10.1. The van der Waals surface area contributed by atoms with Crippen molar-refractivity contribution >= 4 is 45.2 Å². The lowest BCUT2D eigenvalue weighted by Crippen LogP contribution is -2.13. The molecule has 2 aromatic rings. The van der Waals surface area contributed by atoms with Gasteiger partial charge < -0.3 is 20.1 Å². The lowest BCUT2D eigenvalue weighted by molar-refractivity contribution is 0.0481. The second kappa shape index (κ2) is 9.18. The Morgan fingerprint density at radius 2 is 1.63 bits per heavy atom. The Balaban J connectivity index is 2.41. The van der Waals surface area contributed by atoms with Gasteiger partial charge in [0.05, 0.1) is 13.2 Å². The van der Waals surface area contributed by atoms with E-state index in [4.69, 9.17) is 15.2 Å². The highest BCUT2D eigenvalue weighted by Crippen LogP contribution is 2.38. The lowest BCUT2D eigenvalue weighted by atomic mass is 10.1. The van der Waals surface area contributed by atoms with Crippen molar-refractivity contribution in [2.24, 2.45) is 4.99 Å². The van der Waals surface area contributed by atoms with Crippen LogP contribution in [0.2, 0.25) is 0 Å². The molecule has 0 saturated heterocycles. The number of esters is 2. The summed E-state index contributed by atoms with van der Waals surface area (Å²) in [5.41, 5.74) is 7.92. The highest BCUT2D eigenvalue weighted by atomic mass is 32.1. The largest absolute Gasteiger partial charge is 0.462 e. The molecule has 0 aliphatic heterocycles. The van der Waals surface area contributed by atoms with Crippen molar-refractivity contribution in [3.05, 3.63) is 41.0 Å². The number of benzene rings is 1. The molecule has 1 heterocycles. The van der Waals surface area contributed by atoms with E-state index in [2.05, 4.69) is 4.99 Å². The maximum Gasteiger partial charge on any atom is 0.342 e. The first-order valence-corrected chi connectivity index (χ1v) is 9.28. The fourth-order valence-electron chi connectivity index (χ4n) is 2.32. The van der Waals surface area contributed by atoms with E-state index in [1.807, 2.05) is 43.3 Å². The molecule has 0 amide bonds. The molecule has 0 aliphatic carbocycles. The number of nitrogen functional groups attached to an aromatic ring is 1. The van der Waals surface area contributed by atoms with Crippen LogP contribution in [0.3, 0.4) is 0 Å². The Morgan fingerprint density at radius 3 is 2.15 bits per heavy atom. The number of hydrogen-bond acceptors (Lipinski definition) is 8. The van der Waals surface area contributed by atoms with Crippen LogP contribution in [-0.4, -0.2) is 45.5 Å². The topological polar surface area (TPSA) is 94.2 Å². The van der Waals surface area contributed by atoms with Crippen LogP contribution in [0.4, 0.5) is 15.7 Å². The minimum Gasteiger partial charge on any atom is -0.462 e. The molecule has 2 N–H and O–H groups in total. The number of rotatable bonds is 7. The van der Waals surface area contributed by atoms with E-state index >= 15 is 0 Å². The molecule has 0 unspecified atom stereocenters. The minimum atomic E-state index is -0.661. The second-order valence-electron chi connectivity index (χ2n) is 5.71. The predicted molar refractivity (Wildman–Crippen MR) is 109 cm³/mol. The molecule has 1 aromatic carbocycles. The van der Waals surface area contributed by atoms with Crippen molar-refractivity contribution in [1.82, 2.24) is 0 Å². The molecule has 0 aliphatic rings. The zero-order valence-electron chi connectivity index (χ0n) is 15.8. The van der Waals surface area contributed by atoms with Gasteiger partial charge in [-0.3, -0.25) is 0 Å². The van der Waals surface area contributed by atoms with Gasteiger partial charge in [0.15, 0.2) is 0 Å². The maximum atomic E-state index is 12.4. The molecule has 7 nitrogen and oxygen atoms in total. The van der Waals surface area contributed by atoms with E-state index in [1.54, 1.807) is 20.1 Å². The van der Waals surface area contributed by atoms with Crippen LogP contribution in [0, 0.1) is 0 Å². The van der Waals surface area contributed by atoms with Gasteiger partial charge >= 0.3 is 11.9 Å². The summed E-state index contributed by atoms with van der Waals surface area (Å²) in [4.78, 5) is 31.0. The summed E-state index contributed by atoms with van der Waals surface area (Å²) in [5, 5.41) is 0.484. The average Bonchev–Trinajstić information content (AvgIpc) is 2.97. The number of nitrogens with two attached hydrogens (primary N) is 1. The highest BCUT2D eigenvalue weighted by molar-refractivity contribution is 7.20. The molecule has 2 rings (SSSR count). The third-order valence-corrected chi connectivity index (χ3v) is 4.54. The molecular weight excluding hydrogens is 366 g/mol. The van der Waals surface area contributed by atoms with E-state index < -0.39 is 11.9 Å². The smallest absolute Gasteiger partial charge is 0.342 e. The Kier molecular flexibility index (Phi) is 6.95. The van der Waals surface area contributed by atoms with Gasteiger partial charge in [0.2, 0.25) is 0 Å². The summed E-state index contributed by atoms with van der Waals surface area (Å²) in [5.74, 6) is -1.31. The molecule has 0 bridgehead atoms. The van der Waals surface area contributed by atoms with Gasteiger partial charge in [-0.1, -0.05) is 23.5 Å². The third-order valence-electron chi connectivity index (χ3n) is 3.62. The van der Waals surface area contributed by atoms with E-state index in [1.165, 1.54) is 0 Å². The average molecular weight is 389 g/mol. The van der Waals surface area contributed by atoms with Crippen LogP contribution >= 0.6 is 11.3 Å². The number of thiophene rings is 1. The zero-order valence-corrected chi connectivity index (χ0v) is 16.6. The van der Waals surface area contributed by atoms with Crippen LogP contribution < -0.4 is 10.6 Å². The second-order valence-corrected chi connectivity index (χ2v) is 6.74. The molecular formula is C19H23N3O4S. The SMILES string of the molecule is CCOC(=O)c1c(N)sc(/N=C/c2ccc(N(C)C)cc2)c1C(=O)OCC. The summed E-state index contributed by atoms with van der Waals surface area (Å²) in [7, 11) is 3.92. The molecule has 8 heteroatoms. The monoisotopic (exact) mass is 389 g/mol. The Labute approximate surface area is 162 Å². The highest BCUT2D eigenvalue weighted by Gasteiger charge is 2.29. The van der Waals surface area contributed by atoms with Gasteiger partial charge in [0.1, 0.15) is 21.1 Å². The summed E-state index contributed by atoms with van der Waals surface area (Å²) in [6.45, 7) is 3.72. The van der Waals surface area contributed by atoms with Crippen molar-refractivity contribution < 1.29 is 19.1 Å². The Morgan fingerprint density at radius 1 is 1.07 bits per heavy atom. The Bertz CT molecular complexity index is 841. The molecule has 144 valence electrons. The van der Waals surface area contributed by atoms with Crippen LogP contribution in [-0.2, 0) is 9.47 Å². The molecule has 0 fully saturated rings. The van der Waals surface area contributed by atoms with Gasteiger partial charge in [-0.2, -0.15) is 0 Å². The van der Waals surface area contributed by atoms with Crippen LogP contribution in [0.1, 0.15) is 40.1 Å². The van der Waals surface area contributed by atoms with Gasteiger partial charge in [-0.15, -0.1) is 0 Å². The number of anilines is 2. The van der Waals surface area contributed by atoms with E-state index in [0.29, 0.717) is 5.00 Å². The number of carbonyl (C=O) groups excluding carboxylic acids is 2. The molecule has 0 atom stereocenters. The molecule has 0 spiro atoms. The fourth-order valence-corrected chi connectivity index (χ4v) is 3.21. The van der Waals surface area contributed by atoms with Gasteiger partial charge in [-0.25, -0.2) is 14.6 Å². The van der Waals surface area contributed by atoms with Crippen molar-refractivity contribution in [3.63, 3.8) is 0 Å². The van der Waals surface area contributed by atoms with Crippen molar-refractivity contribution in [1.29, 1.82) is 0 Å². The van der Waals surface area contributed by atoms with Gasteiger partial charge in [0, 0.05) is 26.0 Å². The number of hydrogen-bond donors (Lipinski definition) is 1. The van der Waals surface area contributed by atoms with Gasteiger partial charge in [0.25, 0.3) is 0 Å². The maximum absolute atomic E-state index is 12.4. The number of carbonyl (C=O) groups is 2. The van der Waals surface area contributed by atoms with E-state index in [-0.39, 0.29) is 29.3 Å². The summed E-state index contributed by atoms with van der Waals surface area (Å²) >= 11 is 1.05. The Hall–Kier alpha value is -2.87. The summed E-state index contributed by atoms with van der Waals surface area (Å²) in [6.07, 6.45) is 1.61. The van der Waals surface area contributed by atoms with Crippen LogP contribution in [0.25, 0.3) is 0 Å². The summed E-state index contributed by atoms with van der Waals surface area (Å²) in [6, 6.07) is 7.74. The van der Waals surface area contributed by atoms with E-state index in [9.17, 15) is 9.59 Å². The fraction of sp³-hybridized carbons (Fsp3) is 0.316. The minimum absolute atomic E-state index is 0.00963. The zero-order chi connectivity index (χ0) is 20.0. The standard InChI is InChI=1S/C19H23N3O4S/c1-5-25-18(23)14-15(19(24)26-6-2)17(27-16(14)20)21-11-12-7-9-13(10-8-12)22(3)4/h7-11H,5-6,20H2,1-4H3/b21-11+. The van der Waals surface area contributed by atoms with Gasteiger partial charge in [-0.05, 0) is 31.5 Å². The predicted octanol–water partition coefficient (Wildman–Crippen LogP) is 3.50.